The number of halogens is 3. The third-order valence-electron chi connectivity index (χ3n) is 7.08. The molecule has 1 atom stereocenters. The van der Waals surface area contributed by atoms with Gasteiger partial charge in [0.1, 0.15) is 6.04 Å². The summed E-state index contributed by atoms with van der Waals surface area (Å²) in [5, 5.41) is 6.22. The number of piperazine rings is 1. The average Bonchev–Trinajstić information content (AvgIpc) is 2.93. The van der Waals surface area contributed by atoms with E-state index in [9.17, 15) is 22.8 Å². The van der Waals surface area contributed by atoms with Gasteiger partial charge in [0.05, 0.1) is 16.9 Å². The SMILES string of the molecule is Cc1ccccc1CSCC1Nc2ccc(C(=O)N3CCN(c4cccc(C(F)(F)F)c4)CC3)cc2NC1=O. The third kappa shape index (κ3) is 6.16. The Balaban J connectivity index is 1.17. The predicted octanol–water partition coefficient (Wildman–Crippen LogP) is 5.64. The molecule has 10 heteroatoms. The summed E-state index contributed by atoms with van der Waals surface area (Å²) in [6.07, 6.45) is -4.40. The van der Waals surface area contributed by atoms with E-state index in [0.29, 0.717) is 48.9 Å². The van der Waals surface area contributed by atoms with Crippen molar-refractivity contribution in [1.29, 1.82) is 0 Å². The van der Waals surface area contributed by atoms with Crippen LogP contribution >= 0.6 is 11.8 Å². The number of hydrogen-bond donors (Lipinski definition) is 2. The van der Waals surface area contributed by atoms with Crippen LogP contribution in [0.25, 0.3) is 0 Å². The Hall–Kier alpha value is -3.66. The second-order valence-electron chi connectivity index (χ2n) is 9.72. The summed E-state index contributed by atoms with van der Waals surface area (Å²) in [6.45, 7) is 3.71. The summed E-state index contributed by atoms with van der Waals surface area (Å²) in [4.78, 5) is 29.5. The largest absolute Gasteiger partial charge is 0.416 e. The molecule has 1 saturated heterocycles. The molecule has 3 aromatic rings. The van der Waals surface area contributed by atoms with Crippen molar-refractivity contribution in [3.63, 3.8) is 0 Å². The van der Waals surface area contributed by atoms with Crippen molar-refractivity contribution in [3.05, 3.63) is 89.0 Å². The van der Waals surface area contributed by atoms with Gasteiger partial charge in [-0.15, -0.1) is 0 Å². The number of carbonyl (C=O) groups excluding carboxylic acids is 2. The average molecular weight is 555 g/mol. The first-order chi connectivity index (χ1) is 18.7. The number of benzene rings is 3. The van der Waals surface area contributed by atoms with E-state index in [4.69, 9.17) is 0 Å². The Kier molecular flexibility index (Phi) is 7.74. The van der Waals surface area contributed by atoms with E-state index >= 15 is 0 Å². The molecule has 0 saturated carbocycles. The first-order valence-corrected chi connectivity index (χ1v) is 13.9. The van der Waals surface area contributed by atoms with Crippen LogP contribution in [-0.4, -0.2) is 54.7 Å². The zero-order valence-electron chi connectivity index (χ0n) is 21.4. The highest BCUT2D eigenvalue weighted by Crippen LogP contribution is 2.33. The van der Waals surface area contributed by atoms with Gasteiger partial charge in [0.25, 0.3) is 5.91 Å². The predicted molar refractivity (Wildman–Crippen MR) is 149 cm³/mol. The molecule has 0 spiro atoms. The molecule has 3 aromatic carbocycles. The fraction of sp³-hybridized carbons (Fsp3) is 0.310. The fourth-order valence-corrected chi connectivity index (χ4v) is 5.92. The molecule has 6 nitrogen and oxygen atoms in total. The van der Waals surface area contributed by atoms with Crippen LogP contribution in [0.4, 0.5) is 30.2 Å². The van der Waals surface area contributed by atoms with Gasteiger partial charge in [-0.05, 0) is 54.4 Å². The lowest BCUT2D eigenvalue weighted by molar-refractivity contribution is -0.137. The van der Waals surface area contributed by atoms with Crippen molar-refractivity contribution < 1.29 is 22.8 Å². The number of thioether (sulfide) groups is 1. The number of aryl methyl sites for hydroxylation is 1. The quantitative estimate of drug-likeness (QED) is 0.413. The lowest BCUT2D eigenvalue weighted by Gasteiger charge is -2.36. The van der Waals surface area contributed by atoms with E-state index in [2.05, 4.69) is 29.7 Å². The Morgan fingerprint density at radius 1 is 0.974 bits per heavy atom. The molecule has 0 aromatic heterocycles. The minimum absolute atomic E-state index is 0.140. The number of carbonyl (C=O) groups is 2. The van der Waals surface area contributed by atoms with Crippen LogP contribution < -0.4 is 15.5 Å². The molecule has 204 valence electrons. The number of hydrogen-bond acceptors (Lipinski definition) is 5. The molecule has 1 unspecified atom stereocenters. The van der Waals surface area contributed by atoms with E-state index < -0.39 is 11.7 Å². The van der Waals surface area contributed by atoms with Crippen LogP contribution in [-0.2, 0) is 16.7 Å². The van der Waals surface area contributed by atoms with Crippen LogP contribution in [0, 0.1) is 6.92 Å². The molecule has 0 radical (unpaired) electrons. The maximum absolute atomic E-state index is 13.2. The number of alkyl halides is 3. The third-order valence-corrected chi connectivity index (χ3v) is 8.16. The highest BCUT2D eigenvalue weighted by atomic mass is 32.2. The molecule has 0 bridgehead atoms. The normalized spacial score (nSPS) is 17.3. The standard InChI is InChI=1S/C29H29F3N4O2S/c1-19-5-2-3-6-21(19)17-39-18-26-27(37)34-25-15-20(9-10-24(25)33-26)28(38)36-13-11-35(12-14-36)23-8-4-7-22(16-23)29(30,31)32/h2-10,15-16,26,33H,11-14,17-18H2,1H3,(H,34,37). The number of fused-ring (bicyclic) bond motifs is 1. The summed E-state index contributed by atoms with van der Waals surface area (Å²) in [5.74, 6) is 1.11. The van der Waals surface area contributed by atoms with E-state index in [1.165, 1.54) is 17.2 Å². The number of anilines is 3. The van der Waals surface area contributed by atoms with Crippen LogP contribution in [0.1, 0.15) is 27.0 Å². The van der Waals surface area contributed by atoms with Crippen molar-refractivity contribution >= 4 is 40.6 Å². The fourth-order valence-electron chi connectivity index (χ4n) is 4.79. The number of nitrogens with one attached hydrogen (secondary N) is 2. The maximum atomic E-state index is 13.2. The van der Waals surface area contributed by atoms with E-state index in [1.54, 1.807) is 40.9 Å². The molecule has 2 aliphatic heterocycles. The lowest BCUT2D eigenvalue weighted by Crippen LogP contribution is -2.49. The van der Waals surface area contributed by atoms with Crippen LogP contribution in [0.5, 0.6) is 0 Å². The molecule has 5 rings (SSSR count). The van der Waals surface area contributed by atoms with Gasteiger partial charge in [0.15, 0.2) is 0 Å². The minimum atomic E-state index is -4.40. The van der Waals surface area contributed by atoms with Crippen LogP contribution in [0.3, 0.4) is 0 Å². The Labute approximate surface area is 229 Å². The van der Waals surface area contributed by atoms with Gasteiger partial charge in [0.2, 0.25) is 5.91 Å². The number of amides is 2. The van der Waals surface area contributed by atoms with E-state index in [-0.39, 0.29) is 17.9 Å². The summed E-state index contributed by atoms with van der Waals surface area (Å²) in [7, 11) is 0. The van der Waals surface area contributed by atoms with Crippen LogP contribution in [0.2, 0.25) is 0 Å². The smallest absolute Gasteiger partial charge is 0.371 e. The second kappa shape index (κ2) is 11.2. The van der Waals surface area contributed by atoms with Crippen molar-refractivity contribution in [3.8, 4) is 0 Å². The van der Waals surface area contributed by atoms with E-state index in [0.717, 1.165) is 23.6 Å². The van der Waals surface area contributed by atoms with E-state index in [1.807, 2.05) is 17.0 Å². The maximum Gasteiger partial charge on any atom is 0.416 e. The minimum Gasteiger partial charge on any atom is -0.371 e. The molecule has 1 fully saturated rings. The van der Waals surface area contributed by atoms with Crippen molar-refractivity contribution in [2.24, 2.45) is 0 Å². The molecule has 39 heavy (non-hydrogen) atoms. The van der Waals surface area contributed by atoms with Crippen molar-refractivity contribution in [2.75, 3.05) is 47.5 Å². The Morgan fingerprint density at radius 2 is 1.74 bits per heavy atom. The Morgan fingerprint density at radius 3 is 2.49 bits per heavy atom. The molecular formula is C29H29F3N4O2S. The highest BCUT2D eigenvalue weighted by molar-refractivity contribution is 7.98. The molecule has 2 aliphatic rings. The lowest BCUT2D eigenvalue weighted by atomic mass is 10.1. The second-order valence-corrected chi connectivity index (χ2v) is 10.7. The van der Waals surface area contributed by atoms with Gasteiger partial charge in [-0.25, -0.2) is 0 Å². The molecule has 2 amide bonds. The highest BCUT2D eigenvalue weighted by Gasteiger charge is 2.32. The summed E-state index contributed by atoms with van der Waals surface area (Å²) < 4.78 is 39.3. The topological polar surface area (TPSA) is 64.7 Å². The Bertz CT molecular complexity index is 1370. The monoisotopic (exact) mass is 554 g/mol. The number of rotatable bonds is 6. The van der Waals surface area contributed by atoms with Gasteiger partial charge < -0.3 is 20.4 Å². The number of nitrogens with zero attached hydrogens (tertiary/aromatic N) is 2. The van der Waals surface area contributed by atoms with Gasteiger partial charge in [-0.3, -0.25) is 9.59 Å². The molecule has 2 N–H and O–H groups in total. The first kappa shape index (κ1) is 26.9. The van der Waals surface area contributed by atoms with Crippen molar-refractivity contribution in [2.45, 2.75) is 24.9 Å². The van der Waals surface area contributed by atoms with Gasteiger partial charge >= 0.3 is 6.18 Å². The molecule has 2 heterocycles. The zero-order valence-corrected chi connectivity index (χ0v) is 22.2. The zero-order chi connectivity index (χ0) is 27.6. The summed E-state index contributed by atoms with van der Waals surface area (Å²) in [6, 6.07) is 18.3. The van der Waals surface area contributed by atoms with Gasteiger partial charge in [-0.2, -0.15) is 24.9 Å². The van der Waals surface area contributed by atoms with Gasteiger partial charge in [-0.1, -0.05) is 30.3 Å². The summed E-state index contributed by atoms with van der Waals surface area (Å²) in [5.41, 5.74) is 4.07. The van der Waals surface area contributed by atoms with Crippen molar-refractivity contribution in [1.82, 2.24) is 4.90 Å². The van der Waals surface area contributed by atoms with Gasteiger partial charge in [0, 0.05) is 48.9 Å². The molecular weight excluding hydrogens is 525 g/mol. The molecule has 0 aliphatic carbocycles. The summed E-state index contributed by atoms with van der Waals surface area (Å²) >= 11 is 1.69. The first-order valence-electron chi connectivity index (χ1n) is 12.7. The van der Waals surface area contributed by atoms with Crippen LogP contribution in [0.15, 0.2) is 66.7 Å².